The van der Waals surface area contributed by atoms with Crippen LogP contribution in [0.3, 0.4) is 0 Å². The molecule has 0 saturated carbocycles. The maximum Gasteiger partial charge on any atom is 0.226 e. The van der Waals surface area contributed by atoms with E-state index < -0.39 is 0 Å². The van der Waals surface area contributed by atoms with Crippen LogP contribution >= 0.6 is 0 Å². The molecule has 0 radical (unpaired) electrons. The van der Waals surface area contributed by atoms with Crippen LogP contribution in [0.1, 0.15) is 31.0 Å². The number of aryl methyl sites for hydroxylation is 2. The largest absolute Gasteiger partial charge is 0.338 e. The lowest BCUT2D eigenvalue weighted by Crippen LogP contribution is -2.46. The first-order chi connectivity index (χ1) is 9.74. The number of rotatable bonds is 2. The van der Waals surface area contributed by atoms with E-state index >= 15 is 0 Å². The van der Waals surface area contributed by atoms with Crippen molar-refractivity contribution in [2.75, 3.05) is 11.4 Å². The van der Waals surface area contributed by atoms with Crippen molar-refractivity contribution in [3.63, 3.8) is 0 Å². The van der Waals surface area contributed by atoms with Gasteiger partial charge in [-0.1, -0.05) is 0 Å². The molecule has 4 rings (SSSR count). The van der Waals surface area contributed by atoms with E-state index in [1.807, 2.05) is 24.0 Å². The van der Waals surface area contributed by atoms with Crippen molar-refractivity contribution in [3.05, 3.63) is 23.7 Å². The summed E-state index contributed by atoms with van der Waals surface area (Å²) in [7, 11) is 2.03. The van der Waals surface area contributed by atoms with E-state index in [2.05, 4.69) is 16.8 Å². The van der Waals surface area contributed by atoms with Gasteiger partial charge < -0.3 is 9.47 Å². The summed E-state index contributed by atoms with van der Waals surface area (Å²) in [6, 6.07) is 0.559. The Morgan fingerprint density at radius 2 is 2.15 bits per heavy atom. The molecule has 1 aliphatic heterocycles. The summed E-state index contributed by atoms with van der Waals surface area (Å²) in [4.78, 5) is 16.4. The number of hydrogen-bond acceptors (Lipinski definition) is 4. The van der Waals surface area contributed by atoms with E-state index in [0.717, 1.165) is 36.9 Å². The molecule has 0 amide bonds. The molecule has 2 aromatic heterocycles. The molecule has 1 fully saturated rings. The van der Waals surface area contributed by atoms with E-state index in [9.17, 15) is 0 Å². The highest BCUT2D eigenvalue weighted by Crippen LogP contribution is 2.32. The molecule has 1 saturated heterocycles. The standard InChI is InChI=1S/C15H19N5/c1-10-6-8-20(10)15-17-12-5-3-4-11(12)13(18-15)14-16-7-9-19(14)2/h7,9-10H,3-6,8H2,1-2H3/t10-/m0/s1. The molecule has 1 aliphatic carbocycles. The van der Waals surface area contributed by atoms with Crippen LogP contribution in [-0.4, -0.2) is 32.1 Å². The molecule has 5 heteroatoms. The van der Waals surface area contributed by atoms with E-state index in [4.69, 9.17) is 9.97 Å². The van der Waals surface area contributed by atoms with Crippen molar-refractivity contribution in [3.8, 4) is 11.5 Å². The molecule has 0 aromatic carbocycles. The van der Waals surface area contributed by atoms with E-state index in [1.54, 1.807) is 0 Å². The Morgan fingerprint density at radius 1 is 1.25 bits per heavy atom. The fourth-order valence-corrected chi connectivity index (χ4v) is 3.14. The molecule has 20 heavy (non-hydrogen) atoms. The van der Waals surface area contributed by atoms with Gasteiger partial charge in [0.15, 0.2) is 5.82 Å². The topological polar surface area (TPSA) is 46.8 Å². The van der Waals surface area contributed by atoms with Crippen molar-refractivity contribution in [2.45, 2.75) is 38.6 Å². The molecule has 1 atom stereocenters. The number of fused-ring (bicyclic) bond motifs is 1. The third-order valence-corrected chi connectivity index (χ3v) is 4.53. The van der Waals surface area contributed by atoms with Gasteiger partial charge in [-0.15, -0.1) is 0 Å². The monoisotopic (exact) mass is 269 g/mol. The van der Waals surface area contributed by atoms with Crippen molar-refractivity contribution in [1.82, 2.24) is 19.5 Å². The number of aromatic nitrogens is 4. The predicted octanol–water partition coefficient (Wildman–Crippen LogP) is 1.96. The summed E-state index contributed by atoms with van der Waals surface area (Å²) >= 11 is 0. The van der Waals surface area contributed by atoms with Crippen LogP contribution in [0.2, 0.25) is 0 Å². The van der Waals surface area contributed by atoms with Gasteiger partial charge in [-0.3, -0.25) is 0 Å². The first-order valence-corrected chi connectivity index (χ1v) is 7.38. The lowest BCUT2D eigenvalue weighted by Gasteiger charge is -2.39. The lowest BCUT2D eigenvalue weighted by molar-refractivity contribution is 0.470. The third-order valence-electron chi connectivity index (χ3n) is 4.53. The second-order valence-electron chi connectivity index (χ2n) is 5.84. The van der Waals surface area contributed by atoms with E-state index in [1.165, 1.54) is 24.1 Å². The molecule has 0 N–H and O–H groups in total. The average molecular weight is 269 g/mol. The average Bonchev–Trinajstić information content (AvgIpc) is 3.04. The van der Waals surface area contributed by atoms with Gasteiger partial charge in [0.1, 0.15) is 5.69 Å². The molecule has 104 valence electrons. The van der Waals surface area contributed by atoms with Crippen LogP contribution in [0, 0.1) is 0 Å². The molecular weight excluding hydrogens is 250 g/mol. The Bertz CT molecular complexity index is 660. The summed E-state index contributed by atoms with van der Waals surface area (Å²) in [5, 5.41) is 0. The SMILES string of the molecule is C[C@H]1CCN1c1nc2c(c(-c3nccn3C)n1)CCC2. The van der Waals surface area contributed by atoms with Crippen LogP contribution in [0.5, 0.6) is 0 Å². The highest BCUT2D eigenvalue weighted by Gasteiger charge is 2.29. The fourth-order valence-electron chi connectivity index (χ4n) is 3.14. The minimum atomic E-state index is 0.559. The highest BCUT2D eigenvalue weighted by atomic mass is 15.3. The smallest absolute Gasteiger partial charge is 0.226 e. The summed E-state index contributed by atoms with van der Waals surface area (Å²) < 4.78 is 2.05. The van der Waals surface area contributed by atoms with Crippen LogP contribution in [0.25, 0.3) is 11.5 Å². The molecule has 0 unspecified atom stereocenters. The maximum absolute atomic E-state index is 4.85. The van der Waals surface area contributed by atoms with E-state index in [0.29, 0.717) is 6.04 Å². The maximum atomic E-state index is 4.85. The first kappa shape index (κ1) is 11.9. The van der Waals surface area contributed by atoms with Gasteiger partial charge in [0.25, 0.3) is 0 Å². The quantitative estimate of drug-likeness (QED) is 0.836. The minimum absolute atomic E-state index is 0.559. The normalized spacial score (nSPS) is 20.9. The van der Waals surface area contributed by atoms with Crippen LogP contribution in [0.4, 0.5) is 5.95 Å². The van der Waals surface area contributed by atoms with E-state index in [-0.39, 0.29) is 0 Å². The number of imidazole rings is 1. The second-order valence-corrected chi connectivity index (χ2v) is 5.84. The lowest BCUT2D eigenvalue weighted by atomic mass is 10.1. The van der Waals surface area contributed by atoms with Crippen molar-refractivity contribution in [1.29, 1.82) is 0 Å². The van der Waals surface area contributed by atoms with Gasteiger partial charge in [-0.25, -0.2) is 15.0 Å². The van der Waals surface area contributed by atoms with Crippen molar-refractivity contribution in [2.24, 2.45) is 7.05 Å². The number of anilines is 1. The summed E-state index contributed by atoms with van der Waals surface area (Å²) in [5.74, 6) is 1.85. The molecule has 2 aliphatic rings. The number of hydrogen-bond donors (Lipinski definition) is 0. The Morgan fingerprint density at radius 3 is 2.80 bits per heavy atom. The summed E-state index contributed by atoms with van der Waals surface area (Å²) in [5.41, 5.74) is 3.57. The first-order valence-electron chi connectivity index (χ1n) is 7.38. The Hall–Kier alpha value is -1.91. The van der Waals surface area contributed by atoms with Crippen molar-refractivity contribution < 1.29 is 0 Å². The summed E-state index contributed by atoms with van der Waals surface area (Å²) in [6.07, 6.45) is 8.38. The molecule has 0 spiro atoms. The van der Waals surface area contributed by atoms with Gasteiger partial charge in [0.2, 0.25) is 5.95 Å². The molecule has 3 heterocycles. The minimum Gasteiger partial charge on any atom is -0.338 e. The Labute approximate surface area is 118 Å². The van der Waals surface area contributed by atoms with Crippen LogP contribution < -0.4 is 4.90 Å². The zero-order valence-corrected chi connectivity index (χ0v) is 12.0. The number of nitrogens with zero attached hydrogens (tertiary/aromatic N) is 5. The Kier molecular flexibility index (Phi) is 2.55. The molecule has 5 nitrogen and oxygen atoms in total. The third kappa shape index (κ3) is 1.65. The zero-order chi connectivity index (χ0) is 13.7. The molecule has 2 aromatic rings. The summed E-state index contributed by atoms with van der Waals surface area (Å²) in [6.45, 7) is 3.31. The van der Waals surface area contributed by atoms with Crippen LogP contribution in [0.15, 0.2) is 12.4 Å². The zero-order valence-electron chi connectivity index (χ0n) is 12.0. The van der Waals surface area contributed by atoms with Gasteiger partial charge in [-0.2, -0.15) is 0 Å². The van der Waals surface area contributed by atoms with Crippen molar-refractivity contribution >= 4 is 5.95 Å². The van der Waals surface area contributed by atoms with Crippen LogP contribution in [-0.2, 0) is 19.9 Å². The fraction of sp³-hybridized carbons (Fsp3) is 0.533. The van der Waals surface area contributed by atoms with Gasteiger partial charge in [0, 0.05) is 43.3 Å². The Balaban J connectivity index is 1.87. The highest BCUT2D eigenvalue weighted by molar-refractivity contribution is 5.61. The van der Waals surface area contributed by atoms with Gasteiger partial charge in [-0.05, 0) is 32.6 Å². The predicted molar refractivity (Wildman–Crippen MR) is 77.7 cm³/mol. The van der Waals surface area contributed by atoms with Gasteiger partial charge in [0.05, 0.1) is 0 Å². The second kappa shape index (κ2) is 4.30. The van der Waals surface area contributed by atoms with Gasteiger partial charge >= 0.3 is 0 Å². The molecule has 0 bridgehead atoms. The molecular formula is C15H19N5.